The molecule has 8 heteroatoms. The Morgan fingerprint density at radius 3 is 2.69 bits per heavy atom. The molecule has 1 aliphatic heterocycles. The van der Waals surface area contributed by atoms with Gasteiger partial charge in [0, 0.05) is 56.0 Å². The Kier molecular flexibility index (Phi) is 8.02. The Hall–Kier alpha value is -2.58. The monoisotopic (exact) mass is 485 g/mol. The number of carbonyl (C=O) groups is 2. The standard InChI is InChI=1S/C27H39N3O5/c1-5-33-15-8-13-28-17-20(22-9-6-7-10-23(22)28)18-30(21-11-12-21)25(31)24-19-29(14-16-34-24)26(32)35-27(2,3)4/h6-7,9-10,17,21,24H,5,8,11-16,18-19H2,1-4H3. The predicted molar refractivity (Wildman–Crippen MR) is 134 cm³/mol. The van der Waals surface area contributed by atoms with Crippen molar-refractivity contribution >= 4 is 22.9 Å². The van der Waals surface area contributed by atoms with Crippen LogP contribution in [0, 0.1) is 0 Å². The van der Waals surface area contributed by atoms with Crippen LogP contribution < -0.4 is 0 Å². The van der Waals surface area contributed by atoms with Crippen LogP contribution in [0.1, 0.15) is 52.5 Å². The Morgan fingerprint density at radius 2 is 1.97 bits per heavy atom. The van der Waals surface area contributed by atoms with Crippen LogP contribution >= 0.6 is 0 Å². The number of nitrogens with zero attached hydrogens (tertiary/aromatic N) is 3. The lowest BCUT2D eigenvalue weighted by atomic mass is 10.1. The van der Waals surface area contributed by atoms with Gasteiger partial charge >= 0.3 is 6.09 Å². The summed E-state index contributed by atoms with van der Waals surface area (Å²) in [6.07, 6.45) is 4.05. The molecule has 2 fully saturated rings. The molecule has 1 aromatic carbocycles. The van der Waals surface area contributed by atoms with Gasteiger partial charge in [-0.1, -0.05) is 18.2 Å². The van der Waals surface area contributed by atoms with Gasteiger partial charge in [0.1, 0.15) is 5.60 Å². The van der Waals surface area contributed by atoms with Gasteiger partial charge in [-0.25, -0.2) is 4.79 Å². The van der Waals surface area contributed by atoms with Crippen LogP contribution in [0.5, 0.6) is 0 Å². The molecule has 0 spiro atoms. The molecule has 192 valence electrons. The zero-order valence-corrected chi connectivity index (χ0v) is 21.5. The second-order valence-electron chi connectivity index (χ2n) is 10.4. The quantitative estimate of drug-likeness (QED) is 0.498. The molecule has 0 radical (unpaired) electrons. The molecule has 1 unspecified atom stereocenters. The number of hydrogen-bond donors (Lipinski definition) is 0. The van der Waals surface area contributed by atoms with E-state index in [2.05, 4.69) is 29.0 Å². The fourth-order valence-electron chi connectivity index (χ4n) is 4.55. The summed E-state index contributed by atoms with van der Waals surface area (Å²) in [4.78, 5) is 29.7. The van der Waals surface area contributed by atoms with Crippen molar-refractivity contribution in [3.05, 3.63) is 36.0 Å². The summed E-state index contributed by atoms with van der Waals surface area (Å²) in [5, 5.41) is 1.17. The highest BCUT2D eigenvalue weighted by molar-refractivity contribution is 5.86. The first-order valence-electron chi connectivity index (χ1n) is 12.8. The maximum atomic E-state index is 13.6. The van der Waals surface area contributed by atoms with E-state index < -0.39 is 17.8 Å². The van der Waals surface area contributed by atoms with E-state index in [9.17, 15) is 9.59 Å². The minimum atomic E-state index is -0.670. The van der Waals surface area contributed by atoms with Crippen LogP contribution in [-0.2, 0) is 32.1 Å². The van der Waals surface area contributed by atoms with Gasteiger partial charge in [-0.05, 0) is 58.6 Å². The Labute approximate surface area is 208 Å². The van der Waals surface area contributed by atoms with Crippen molar-refractivity contribution in [2.24, 2.45) is 0 Å². The van der Waals surface area contributed by atoms with Gasteiger partial charge in [0.05, 0.1) is 13.2 Å². The van der Waals surface area contributed by atoms with Crippen LogP contribution in [-0.4, -0.2) is 77.0 Å². The highest BCUT2D eigenvalue weighted by Gasteiger charge is 2.39. The summed E-state index contributed by atoms with van der Waals surface area (Å²) in [6, 6.07) is 8.58. The average Bonchev–Trinajstić information content (AvgIpc) is 3.61. The maximum Gasteiger partial charge on any atom is 0.410 e. The van der Waals surface area contributed by atoms with E-state index in [4.69, 9.17) is 14.2 Å². The third-order valence-electron chi connectivity index (χ3n) is 6.37. The van der Waals surface area contributed by atoms with Gasteiger partial charge in [-0.3, -0.25) is 4.79 Å². The lowest BCUT2D eigenvalue weighted by Crippen LogP contribution is -2.53. The zero-order valence-electron chi connectivity index (χ0n) is 21.5. The summed E-state index contributed by atoms with van der Waals surface area (Å²) in [6.45, 7) is 11.4. The van der Waals surface area contributed by atoms with E-state index in [1.807, 2.05) is 38.7 Å². The number of aromatic nitrogens is 1. The van der Waals surface area contributed by atoms with E-state index in [0.717, 1.165) is 44.6 Å². The number of fused-ring (bicyclic) bond motifs is 1. The molecule has 1 atom stereocenters. The summed E-state index contributed by atoms with van der Waals surface area (Å²) in [5.41, 5.74) is 1.73. The van der Waals surface area contributed by atoms with Crippen molar-refractivity contribution in [2.45, 2.75) is 77.8 Å². The molecule has 0 N–H and O–H groups in total. The number of benzene rings is 1. The number of carbonyl (C=O) groups excluding carboxylic acids is 2. The molecule has 1 aliphatic carbocycles. The maximum absolute atomic E-state index is 13.6. The van der Waals surface area contributed by atoms with Gasteiger partial charge in [0.2, 0.25) is 0 Å². The van der Waals surface area contributed by atoms with Crippen molar-refractivity contribution < 1.29 is 23.8 Å². The number of aryl methyl sites for hydroxylation is 1. The highest BCUT2D eigenvalue weighted by atomic mass is 16.6. The Morgan fingerprint density at radius 1 is 1.20 bits per heavy atom. The summed E-state index contributed by atoms with van der Waals surface area (Å²) in [7, 11) is 0. The molecular formula is C27H39N3O5. The average molecular weight is 486 g/mol. The lowest BCUT2D eigenvalue weighted by Gasteiger charge is -2.35. The minimum Gasteiger partial charge on any atom is -0.444 e. The van der Waals surface area contributed by atoms with Crippen molar-refractivity contribution in [3.63, 3.8) is 0 Å². The second-order valence-corrected chi connectivity index (χ2v) is 10.4. The van der Waals surface area contributed by atoms with Gasteiger partial charge in [-0.2, -0.15) is 0 Å². The number of para-hydroxylation sites is 1. The van der Waals surface area contributed by atoms with Crippen LogP contribution in [0.15, 0.2) is 30.5 Å². The first-order valence-corrected chi connectivity index (χ1v) is 12.8. The zero-order chi connectivity index (χ0) is 25.0. The minimum absolute atomic E-state index is 0.0473. The van der Waals surface area contributed by atoms with Crippen LogP contribution in [0.25, 0.3) is 10.9 Å². The van der Waals surface area contributed by atoms with Crippen molar-refractivity contribution in [1.82, 2.24) is 14.4 Å². The molecule has 2 aliphatic rings. The smallest absolute Gasteiger partial charge is 0.410 e. The van der Waals surface area contributed by atoms with Crippen molar-refractivity contribution in [3.8, 4) is 0 Å². The fraction of sp³-hybridized carbons (Fsp3) is 0.630. The molecule has 2 heterocycles. The third kappa shape index (κ3) is 6.55. The molecule has 1 aromatic heterocycles. The van der Waals surface area contributed by atoms with E-state index in [0.29, 0.717) is 19.7 Å². The van der Waals surface area contributed by atoms with Gasteiger partial charge < -0.3 is 28.6 Å². The molecule has 1 saturated carbocycles. The predicted octanol–water partition coefficient (Wildman–Crippen LogP) is 4.19. The topological polar surface area (TPSA) is 73.2 Å². The van der Waals surface area contributed by atoms with E-state index in [1.54, 1.807) is 4.90 Å². The van der Waals surface area contributed by atoms with Gasteiger partial charge in [-0.15, -0.1) is 0 Å². The normalized spacial score (nSPS) is 18.6. The fourth-order valence-corrected chi connectivity index (χ4v) is 4.55. The molecule has 1 saturated heterocycles. The Balaban J connectivity index is 1.48. The highest BCUT2D eigenvalue weighted by Crippen LogP contribution is 2.32. The number of morpholine rings is 1. The lowest BCUT2D eigenvalue weighted by molar-refractivity contribution is -0.150. The third-order valence-corrected chi connectivity index (χ3v) is 6.37. The molecule has 4 rings (SSSR count). The van der Waals surface area contributed by atoms with E-state index >= 15 is 0 Å². The first-order chi connectivity index (χ1) is 16.8. The first kappa shape index (κ1) is 25.5. The molecule has 2 aromatic rings. The molecule has 35 heavy (non-hydrogen) atoms. The summed E-state index contributed by atoms with van der Waals surface area (Å²) < 4.78 is 19.1. The molecule has 2 amide bonds. The number of rotatable bonds is 9. The number of ether oxygens (including phenoxy) is 3. The largest absolute Gasteiger partial charge is 0.444 e. The van der Waals surface area contributed by atoms with Crippen LogP contribution in [0.3, 0.4) is 0 Å². The van der Waals surface area contributed by atoms with Gasteiger partial charge in [0.25, 0.3) is 5.91 Å². The Bertz CT molecular complexity index is 1020. The van der Waals surface area contributed by atoms with Gasteiger partial charge in [0.15, 0.2) is 6.10 Å². The molecular weight excluding hydrogens is 446 g/mol. The molecule has 0 bridgehead atoms. The number of amides is 2. The SMILES string of the molecule is CCOCCCn1cc(CN(C(=O)C2CN(C(=O)OC(C)(C)C)CCO2)C2CC2)c2ccccc21. The van der Waals surface area contributed by atoms with E-state index in [1.165, 1.54) is 10.9 Å². The van der Waals surface area contributed by atoms with E-state index in [-0.39, 0.29) is 18.5 Å². The van der Waals surface area contributed by atoms with Crippen molar-refractivity contribution in [2.75, 3.05) is 32.9 Å². The number of hydrogen-bond acceptors (Lipinski definition) is 5. The summed E-state index contributed by atoms with van der Waals surface area (Å²) >= 11 is 0. The van der Waals surface area contributed by atoms with Crippen LogP contribution in [0.4, 0.5) is 4.79 Å². The summed E-state index contributed by atoms with van der Waals surface area (Å²) in [5.74, 6) is -0.0473. The van der Waals surface area contributed by atoms with Crippen LogP contribution in [0.2, 0.25) is 0 Å². The second kappa shape index (κ2) is 11.0. The molecule has 8 nitrogen and oxygen atoms in total. The van der Waals surface area contributed by atoms with Crippen molar-refractivity contribution in [1.29, 1.82) is 0 Å².